The molecule has 0 aliphatic carbocycles. The second-order valence-corrected chi connectivity index (χ2v) is 3.64. The van der Waals surface area contributed by atoms with Gasteiger partial charge in [-0.1, -0.05) is 6.92 Å². The number of rotatable bonds is 6. The van der Waals surface area contributed by atoms with Crippen LogP contribution in [0.15, 0.2) is 18.2 Å². The number of ether oxygens (including phenoxy) is 2. The van der Waals surface area contributed by atoms with E-state index in [0.29, 0.717) is 23.3 Å². The van der Waals surface area contributed by atoms with E-state index in [2.05, 4.69) is 0 Å². The van der Waals surface area contributed by atoms with Gasteiger partial charge in [-0.3, -0.25) is 9.59 Å². The minimum absolute atomic E-state index is 0.141. The number of carbonyl (C=O) groups excluding carboxylic acids is 2. The van der Waals surface area contributed by atoms with E-state index in [1.807, 2.05) is 0 Å². The summed E-state index contributed by atoms with van der Waals surface area (Å²) in [5.74, 6) is 0.138. The number of hydrogen-bond acceptors (Lipinski definition) is 4. The Balaban J connectivity index is 2.77. The van der Waals surface area contributed by atoms with Crippen LogP contribution >= 0.6 is 0 Å². The van der Waals surface area contributed by atoms with Gasteiger partial charge in [-0.2, -0.15) is 0 Å². The maximum Gasteiger partial charge on any atom is 0.223 e. The molecular weight excluding hydrogens is 222 g/mol. The minimum atomic E-state index is -0.439. The third kappa shape index (κ3) is 3.48. The SMILES string of the molecule is COc1ccc(OCC(C)C(N)=O)c(C=O)c1. The highest BCUT2D eigenvalue weighted by Crippen LogP contribution is 2.23. The lowest BCUT2D eigenvalue weighted by Gasteiger charge is -2.12. The average Bonchev–Trinajstić information content (AvgIpc) is 2.35. The van der Waals surface area contributed by atoms with Gasteiger partial charge in [0.15, 0.2) is 6.29 Å². The van der Waals surface area contributed by atoms with Crippen LogP contribution in [0.4, 0.5) is 0 Å². The highest BCUT2D eigenvalue weighted by atomic mass is 16.5. The summed E-state index contributed by atoms with van der Waals surface area (Å²) in [6.45, 7) is 1.80. The first-order valence-electron chi connectivity index (χ1n) is 5.13. The predicted octanol–water partition coefficient (Wildman–Crippen LogP) is 1.01. The number of nitrogens with two attached hydrogens (primary N) is 1. The topological polar surface area (TPSA) is 78.6 Å². The van der Waals surface area contributed by atoms with Gasteiger partial charge >= 0.3 is 0 Å². The first kappa shape index (κ1) is 13.0. The Kier molecular flexibility index (Phi) is 4.51. The van der Waals surface area contributed by atoms with E-state index in [1.165, 1.54) is 7.11 Å². The average molecular weight is 237 g/mol. The maximum atomic E-state index is 10.8. The Labute approximate surface area is 99.5 Å². The molecule has 0 radical (unpaired) electrons. The van der Waals surface area contributed by atoms with E-state index in [-0.39, 0.29) is 6.61 Å². The predicted molar refractivity (Wildman–Crippen MR) is 62.2 cm³/mol. The van der Waals surface area contributed by atoms with E-state index in [4.69, 9.17) is 15.2 Å². The second kappa shape index (κ2) is 5.89. The van der Waals surface area contributed by atoms with E-state index in [0.717, 1.165) is 0 Å². The molecule has 0 aromatic heterocycles. The van der Waals surface area contributed by atoms with Crippen LogP contribution in [0.2, 0.25) is 0 Å². The summed E-state index contributed by atoms with van der Waals surface area (Å²) < 4.78 is 10.3. The summed E-state index contributed by atoms with van der Waals surface area (Å²) in [6, 6.07) is 4.87. The van der Waals surface area contributed by atoms with Crippen molar-refractivity contribution in [3.63, 3.8) is 0 Å². The molecule has 5 nitrogen and oxygen atoms in total. The third-order valence-electron chi connectivity index (χ3n) is 2.32. The van der Waals surface area contributed by atoms with Crippen LogP contribution in [-0.2, 0) is 4.79 Å². The Hall–Kier alpha value is -2.04. The van der Waals surface area contributed by atoms with Crippen LogP contribution < -0.4 is 15.2 Å². The van der Waals surface area contributed by atoms with Gasteiger partial charge in [0.2, 0.25) is 5.91 Å². The Morgan fingerprint density at radius 3 is 2.76 bits per heavy atom. The quantitative estimate of drug-likeness (QED) is 0.749. The van der Waals surface area contributed by atoms with Gasteiger partial charge < -0.3 is 15.2 Å². The number of primary amides is 1. The molecule has 0 fully saturated rings. The second-order valence-electron chi connectivity index (χ2n) is 3.64. The zero-order chi connectivity index (χ0) is 12.8. The fraction of sp³-hybridized carbons (Fsp3) is 0.333. The molecule has 92 valence electrons. The van der Waals surface area contributed by atoms with Crippen molar-refractivity contribution < 1.29 is 19.1 Å². The molecule has 1 aromatic carbocycles. The number of methoxy groups -OCH3 is 1. The first-order valence-corrected chi connectivity index (χ1v) is 5.13. The Bertz CT molecular complexity index is 417. The van der Waals surface area contributed by atoms with Gasteiger partial charge in [-0.15, -0.1) is 0 Å². The van der Waals surface area contributed by atoms with E-state index < -0.39 is 11.8 Å². The summed E-state index contributed by atoms with van der Waals surface area (Å²) in [6.07, 6.45) is 0.673. The lowest BCUT2D eigenvalue weighted by Crippen LogP contribution is -2.25. The molecule has 1 atom stereocenters. The molecule has 1 rings (SSSR count). The summed E-state index contributed by atoms with van der Waals surface area (Å²) in [5.41, 5.74) is 5.48. The molecule has 1 aromatic rings. The first-order chi connectivity index (χ1) is 8.08. The molecule has 0 spiro atoms. The molecule has 17 heavy (non-hydrogen) atoms. The Morgan fingerprint density at radius 1 is 1.53 bits per heavy atom. The lowest BCUT2D eigenvalue weighted by atomic mass is 10.2. The van der Waals surface area contributed by atoms with Crippen LogP contribution in [0.5, 0.6) is 11.5 Å². The normalized spacial score (nSPS) is 11.6. The highest BCUT2D eigenvalue weighted by molar-refractivity contribution is 5.80. The lowest BCUT2D eigenvalue weighted by molar-refractivity contribution is -0.122. The van der Waals surface area contributed by atoms with Gasteiger partial charge in [0.05, 0.1) is 25.2 Å². The van der Waals surface area contributed by atoms with Gasteiger partial charge in [-0.05, 0) is 18.2 Å². The molecule has 0 heterocycles. The van der Waals surface area contributed by atoms with Crippen molar-refractivity contribution in [2.45, 2.75) is 6.92 Å². The van der Waals surface area contributed by atoms with Crippen molar-refractivity contribution in [1.29, 1.82) is 0 Å². The number of carbonyl (C=O) groups is 2. The van der Waals surface area contributed by atoms with Crippen molar-refractivity contribution >= 4 is 12.2 Å². The van der Waals surface area contributed by atoms with Crippen LogP contribution in [-0.4, -0.2) is 25.9 Å². The fourth-order valence-electron chi connectivity index (χ4n) is 1.17. The van der Waals surface area contributed by atoms with Gasteiger partial charge in [-0.25, -0.2) is 0 Å². The molecule has 2 N–H and O–H groups in total. The van der Waals surface area contributed by atoms with Crippen molar-refractivity contribution in [2.75, 3.05) is 13.7 Å². The number of aldehydes is 1. The van der Waals surface area contributed by atoms with Crippen LogP contribution in [0.1, 0.15) is 17.3 Å². The van der Waals surface area contributed by atoms with Crippen molar-refractivity contribution in [3.05, 3.63) is 23.8 Å². The zero-order valence-corrected chi connectivity index (χ0v) is 9.80. The number of hydrogen-bond donors (Lipinski definition) is 1. The molecule has 5 heteroatoms. The van der Waals surface area contributed by atoms with Crippen molar-refractivity contribution in [2.24, 2.45) is 11.7 Å². The van der Waals surface area contributed by atoms with Crippen molar-refractivity contribution in [3.8, 4) is 11.5 Å². The van der Waals surface area contributed by atoms with E-state index >= 15 is 0 Å². The molecule has 0 saturated carbocycles. The molecule has 0 saturated heterocycles. The van der Waals surface area contributed by atoms with Crippen LogP contribution in [0.25, 0.3) is 0 Å². The van der Waals surface area contributed by atoms with Crippen LogP contribution in [0, 0.1) is 5.92 Å². The standard InChI is InChI=1S/C12H15NO4/c1-8(12(13)15)7-17-11-4-3-10(16-2)5-9(11)6-14/h3-6,8H,7H2,1-2H3,(H2,13,15). The fourth-order valence-corrected chi connectivity index (χ4v) is 1.17. The van der Waals surface area contributed by atoms with E-state index in [9.17, 15) is 9.59 Å². The molecule has 0 bridgehead atoms. The van der Waals surface area contributed by atoms with E-state index in [1.54, 1.807) is 25.1 Å². The van der Waals surface area contributed by atoms with Crippen LogP contribution in [0.3, 0.4) is 0 Å². The highest BCUT2D eigenvalue weighted by Gasteiger charge is 2.11. The number of benzene rings is 1. The Morgan fingerprint density at radius 2 is 2.24 bits per heavy atom. The largest absolute Gasteiger partial charge is 0.497 e. The zero-order valence-electron chi connectivity index (χ0n) is 9.80. The molecular formula is C12H15NO4. The van der Waals surface area contributed by atoms with Gasteiger partial charge in [0, 0.05) is 0 Å². The monoisotopic (exact) mass is 237 g/mol. The molecule has 0 aliphatic heterocycles. The minimum Gasteiger partial charge on any atom is -0.497 e. The molecule has 1 amide bonds. The summed E-state index contributed by atoms with van der Waals surface area (Å²) in [4.78, 5) is 21.7. The molecule has 1 unspecified atom stereocenters. The van der Waals surface area contributed by atoms with Gasteiger partial charge in [0.25, 0.3) is 0 Å². The molecule has 0 aliphatic rings. The third-order valence-corrected chi connectivity index (χ3v) is 2.32. The summed E-state index contributed by atoms with van der Waals surface area (Å²) in [7, 11) is 1.51. The smallest absolute Gasteiger partial charge is 0.223 e. The maximum absolute atomic E-state index is 10.8. The summed E-state index contributed by atoms with van der Waals surface area (Å²) in [5, 5.41) is 0. The summed E-state index contributed by atoms with van der Waals surface area (Å²) >= 11 is 0. The van der Waals surface area contributed by atoms with Crippen molar-refractivity contribution in [1.82, 2.24) is 0 Å². The number of amides is 1. The van der Waals surface area contributed by atoms with Gasteiger partial charge in [0.1, 0.15) is 11.5 Å².